The van der Waals surface area contributed by atoms with E-state index in [4.69, 9.17) is 10.2 Å². The number of hydrogen-bond acceptors (Lipinski definition) is 4. The van der Waals surface area contributed by atoms with Crippen LogP contribution in [-0.4, -0.2) is 10.2 Å². The Labute approximate surface area is 75.4 Å². The molecule has 1 aromatic heterocycles. The van der Waals surface area contributed by atoms with E-state index in [-0.39, 0.29) is 0 Å². The largest absolute Gasteiger partial charge is 0.428 e. The van der Waals surface area contributed by atoms with Crippen molar-refractivity contribution in [2.24, 2.45) is 0 Å². The highest BCUT2D eigenvalue weighted by Crippen LogP contribution is 2.09. The molecule has 0 saturated heterocycles. The third-order valence-corrected chi connectivity index (χ3v) is 1.74. The van der Waals surface area contributed by atoms with Gasteiger partial charge in [0.05, 0.1) is 6.42 Å². The summed E-state index contributed by atoms with van der Waals surface area (Å²) in [7, 11) is 0. The normalized spacial score (nSPS) is 10.2. The van der Waals surface area contributed by atoms with Crippen LogP contribution in [0.1, 0.15) is 11.5 Å². The van der Waals surface area contributed by atoms with E-state index in [0.717, 1.165) is 11.3 Å². The van der Waals surface area contributed by atoms with Crippen molar-refractivity contribution in [3.05, 3.63) is 42.1 Å². The second-order valence-corrected chi connectivity index (χ2v) is 2.75. The van der Waals surface area contributed by atoms with E-state index in [2.05, 4.69) is 10.2 Å². The molecule has 2 N–H and O–H groups in total. The molecule has 0 aliphatic carbocycles. The molecule has 0 radical (unpaired) electrons. The Kier molecular flexibility index (Phi) is 1.96. The molecule has 0 spiro atoms. The zero-order valence-corrected chi connectivity index (χ0v) is 6.97. The zero-order valence-electron chi connectivity index (χ0n) is 6.97. The Hall–Kier alpha value is -1.84. The van der Waals surface area contributed by atoms with Crippen LogP contribution in [0.25, 0.3) is 0 Å². The number of hydrogen-bond donors (Lipinski definition) is 1. The average molecular weight is 175 g/mol. The Morgan fingerprint density at radius 3 is 2.62 bits per heavy atom. The first kappa shape index (κ1) is 7.79. The minimum absolute atomic E-state index is 0.616. The van der Waals surface area contributed by atoms with Crippen molar-refractivity contribution >= 4 is 5.69 Å². The van der Waals surface area contributed by atoms with Crippen LogP contribution in [0.2, 0.25) is 0 Å². The van der Waals surface area contributed by atoms with Gasteiger partial charge in [0.1, 0.15) is 0 Å². The maximum atomic E-state index is 5.55. The van der Waals surface area contributed by atoms with Gasteiger partial charge in [0.2, 0.25) is 12.3 Å². The van der Waals surface area contributed by atoms with Crippen LogP contribution in [0.3, 0.4) is 0 Å². The van der Waals surface area contributed by atoms with Crippen molar-refractivity contribution in [1.82, 2.24) is 10.2 Å². The Morgan fingerprint density at radius 2 is 2.00 bits per heavy atom. The van der Waals surface area contributed by atoms with Crippen LogP contribution in [0, 0.1) is 0 Å². The number of anilines is 1. The van der Waals surface area contributed by atoms with Crippen molar-refractivity contribution < 1.29 is 4.42 Å². The van der Waals surface area contributed by atoms with Crippen LogP contribution >= 0.6 is 0 Å². The SMILES string of the molecule is Nc1ccc(Cc2nnco2)cc1. The summed E-state index contributed by atoms with van der Waals surface area (Å²) in [6, 6.07) is 7.59. The Balaban J connectivity index is 2.15. The third kappa shape index (κ3) is 1.84. The predicted molar refractivity (Wildman–Crippen MR) is 48.0 cm³/mol. The summed E-state index contributed by atoms with van der Waals surface area (Å²) in [5, 5.41) is 7.38. The first-order chi connectivity index (χ1) is 6.34. The van der Waals surface area contributed by atoms with Crippen LogP contribution in [-0.2, 0) is 6.42 Å². The average Bonchev–Trinajstić information content (AvgIpc) is 2.62. The molecule has 0 fully saturated rings. The van der Waals surface area contributed by atoms with Gasteiger partial charge >= 0.3 is 0 Å². The molecule has 4 heteroatoms. The molecule has 1 heterocycles. The molecule has 0 aliphatic heterocycles. The maximum absolute atomic E-state index is 5.55. The van der Waals surface area contributed by atoms with E-state index < -0.39 is 0 Å². The van der Waals surface area contributed by atoms with E-state index in [1.54, 1.807) is 0 Å². The van der Waals surface area contributed by atoms with Crippen molar-refractivity contribution in [1.29, 1.82) is 0 Å². The van der Waals surface area contributed by atoms with E-state index in [1.807, 2.05) is 24.3 Å². The van der Waals surface area contributed by atoms with E-state index in [0.29, 0.717) is 12.3 Å². The molecule has 2 aromatic rings. The van der Waals surface area contributed by atoms with Crippen LogP contribution < -0.4 is 5.73 Å². The first-order valence-corrected chi connectivity index (χ1v) is 3.94. The second-order valence-electron chi connectivity index (χ2n) is 2.75. The summed E-state index contributed by atoms with van der Waals surface area (Å²) in [5.41, 5.74) is 7.42. The standard InChI is InChI=1S/C9H9N3O/c10-8-3-1-7(2-4-8)5-9-12-11-6-13-9/h1-4,6H,5,10H2. The highest BCUT2D eigenvalue weighted by atomic mass is 16.4. The summed E-state index contributed by atoms with van der Waals surface area (Å²) in [6.07, 6.45) is 1.98. The van der Waals surface area contributed by atoms with Gasteiger partial charge in [0.25, 0.3) is 0 Å². The molecule has 0 aliphatic rings. The van der Waals surface area contributed by atoms with Crippen LogP contribution in [0.5, 0.6) is 0 Å². The van der Waals surface area contributed by atoms with Crippen molar-refractivity contribution in [2.45, 2.75) is 6.42 Å². The van der Waals surface area contributed by atoms with Gasteiger partial charge in [-0.05, 0) is 17.7 Å². The number of benzene rings is 1. The minimum Gasteiger partial charge on any atom is -0.428 e. The highest BCUT2D eigenvalue weighted by Gasteiger charge is 1.99. The Bertz CT molecular complexity index is 366. The summed E-state index contributed by atoms with van der Waals surface area (Å²) in [5.74, 6) is 0.616. The Morgan fingerprint density at radius 1 is 1.23 bits per heavy atom. The smallest absolute Gasteiger partial charge is 0.220 e. The second kappa shape index (κ2) is 3.26. The zero-order chi connectivity index (χ0) is 9.10. The molecule has 1 aromatic carbocycles. The molecule has 0 amide bonds. The lowest BCUT2D eigenvalue weighted by Gasteiger charge is -1.96. The highest BCUT2D eigenvalue weighted by molar-refractivity contribution is 5.39. The molecule has 0 atom stereocenters. The number of nitrogens with zero attached hydrogens (tertiary/aromatic N) is 2. The topological polar surface area (TPSA) is 64.9 Å². The lowest BCUT2D eigenvalue weighted by molar-refractivity contribution is 0.505. The van der Waals surface area contributed by atoms with Crippen molar-refractivity contribution in [3.8, 4) is 0 Å². The fourth-order valence-corrected chi connectivity index (χ4v) is 1.08. The third-order valence-electron chi connectivity index (χ3n) is 1.74. The molecule has 0 bridgehead atoms. The van der Waals surface area contributed by atoms with E-state index >= 15 is 0 Å². The van der Waals surface area contributed by atoms with Gasteiger partial charge in [-0.1, -0.05) is 12.1 Å². The molecule has 0 saturated carbocycles. The fraction of sp³-hybridized carbons (Fsp3) is 0.111. The quantitative estimate of drug-likeness (QED) is 0.697. The van der Waals surface area contributed by atoms with Gasteiger partial charge in [-0.2, -0.15) is 0 Å². The molecular formula is C9H9N3O. The summed E-state index contributed by atoms with van der Waals surface area (Å²) < 4.78 is 5.01. The van der Waals surface area contributed by atoms with Gasteiger partial charge in [0, 0.05) is 5.69 Å². The summed E-state index contributed by atoms with van der Waals surface area (Å²) >= 11 is 0. The maximum Gasteiger partial charge on any atom is 0.220 e. The van der Waals surface area contributed by atoms with Gasteiger partial charge in [0.15, 0.2) is 0 Å². The molecular weight excluding hydrogens is 166 g/mol. The van der Waals surface area contributed by atoms with Gasteiger partial charge in [-0.25, -0.2) is 0 Å². The number of rotatable bonds is 2. The molecule has 66 valence electrons. The summed E-state index contributed by atoms with van der Waals surface area (Å²) in [4.78, 5) is 0. The van der Waals surface area contributed by atoms with Gasteiger partial charge < -0.3 is 10.2 Å². The van der Waals surface area contributed by atoms with Gasteiger partial charge in [-0.3, -0.25) is 0 Å². The molecule has 13 heavy (non-hydrogen) atoms. The van der Waals surface area contributed by atoms with Crippen molar-refractivity contribution in [3.63, 3.8) is 0 Å². The van der Waals surface area contributed by atoms with Crippen molar-refractivity contribution in [2.75, 3.05) is 5.73 Å². The lowest BCUT2D eigenvalue weighted by Crippen LogP contribution is -1.89. The lowest BCUT2D eigenvalue weighted by atomic mass is 10.1. The monoisotopic (exact) mass is 175 g/mol. The number of aromatic nitrogens is 2. The molecule has 0 unspecified atom stereocenters. The number of nitrogens with two attached hydrogens (primary N) is 1. The fourth-order valence-electron chi connectivity index (χ4n) is 1.08. The van der Waals surface area contributed by atoms with E-state index in [1.165, 1.54) is 6.39 Å². The predicted octanol–water partition coefficient (Wildman–Crippen LogP) is 1.24. The van der Waals surface area contributed by atoms with Crippen LogP contribution in [0.15, 0.2) is 35.1 Å². The molecule has 4 nitrogen and oxygen atoms in total. The number of nitrogen functional groups attached to an aromatic ring is 1. The summed E-state index contributed by atoms with van der Waals surface area (Å²) in [6.45, 7) is 0. The first-order valence-electron chi connectivity index (χ1n) is 3.94. The molecule has 2 rings (SSSR count). The van der Waals surface area contributed by atoms with Crippen LogP contribution in [0.4, 0.5) is 5.69 Å². The van der Waals surface area contributed by atoms with E-state index in [9.17, 15) is 0 Å². The van der Waals surface area contributed by atoms with Gasteiger partial charge in [-0.15, -0.1) is 10.2 Å². The minimum atomic E-state index is 0.616.